The van der Waals surface area contributed by atoms with Gasteiger partial charge in [-0.25, -0.2) is 18.0 Å². The van der Waals surface area contributed by atoms with Crippen LogP contribution in [0.4, 0.5) is 23.7 Å². The Morgan fingerprint density at radius 3 is 2.64 bits per heavy atom. The largest absolute Gasteiger partial charge is 0.419 e. The van der Waals surface area contributed by atoms with Crippen LogP contribution < -0.4 is 10.6 Å². The summed E-state index contributed by atoms with van der Waals surface area (Å²) in [6.45, 7) is 1.71. The molecule has 1 amide bonds. The Balaban J connectivity index is 1.65. The second-order valence-corrected chi connectivity index (χ2v) is 8.09. The van der Waals surface area contributed by atoms with Gasteiger partial charge in [-0.15, -0.1) is 0 Å². The second-order valence-electron chi connectivity index (χ2n) is 8.09. The molecule has 4 nitrogen and oxygen atoms in total. The number of hydrogen-bond donors (Lipinski definition) is 2. The van der Waals surface area contributed by atoms with Crippen LogP contribution in [0.15, 0.2) is 66.7 Å². The molecule has 33 heavy (non-hydrogen) atoms. The van der Waals surface area contributed by atoms with Gasteiger partial charge in [-0.2, -0.15) is 0 Å². The Morgan fingerprint density at radius 2 is 1.85 bits per heavy atom. The number of benzene rings is 3. The number of carbonyl (C=O) groups is 1. The normalized spacial score (nSPS) is 16.9. The lowest BCUT2D eigenvalue weighted by Crippen LogP contribution is -2.44. The number of aryl methyl sites for hydroxylation is 1. The Bertz CT molecular complexity index is 1150. The fourth-order valence-corrected chi connectivity index (χ4v) is 4.31. The molecular weight excluding hydrogens is 429 g/mol. The third kappa shape index (κ3) is 4.82. The van der Waals surface area contributed by atoms with Crippen molar-refractivity contribution in [2.75, 3.05) is 5.32 Å². The van der Waals surface area contributed by atoms with Crippen LogP contribution in [0.3, 0.4) is 0 Å². The first-order valence-corrected chi connectivity index (χ1v) is 11.0. The van der Waals surface area contributed by atoms with Crippen molar-refractivity contribution in [1.82, 2.24) is 5.32 Å². The second kappa shape index (κ2) is 9.57. The Labute approximate surface area is 190 Å². The third-order valence-corrected chi connectivity index (χ3v) is 6.01. The Morgan fingerprint density at radius 1 is 1.06 bits per heavy atom. The van der Waals surface area contributed by atoms with Crippen LogP contribution in [0.1, 0.15) is 48.9 Å². The van der Waals surface area contributed by atoms with Gasteiger partial charge in [-0.1, -0.05) is 49.4 Å². The van der Waals surface area contributed by atoms with Crippen LogP contribution in [0.5, 0.6) is 0 Å². The lowest BCUT2D eigenvalue weighted by Gasteiger charge is -2.36. The number of hydrogen-bond acceptors (Lipinski definition) is 3. The summed E-state index contributed by atoms with van der Waals surface area (Å²) in [4.78, 5) is 13.1. The summed E-state index contributed by atoms with van der Waals surface area (Å²) in [5, 5.41) is 5.72. The van der Waals surface area contributed by atoms with E-state index in [1.54, 1.807) is 13.0 Å². The molecule has 0 aliphatic heterocycles. The lowest BCUT2D eigenvalue weighted by atomic mass is 9.88. The van der Waals surface area contributed by atoms with E-state index in [1.807, 2.05) is 24.3 Å². The predicted molar refractivity (Wildman–Crippen MR) is 120 cm³/mol. The molecule has 0 spiro atoms. The molecule has 0 radical (unpaired) electrons. The van der Waals surface area contributed by atoms with Crippen molar-refractivity contribution in [3.8, 4) is 0 Å². The fraction of sp³-hybridized carbons (Fsp3) is 0.269. The summed E-state index contributed by atoms with van der Waals surface area (Å²) < 4.78 is 48.2. The molecule has 0 bridgehead atoms. The highest BCUT2D eigenvalue weighted by molar-refractivity contribution is 5.69. The molecule has 4 rings (SSSR count). The average Bonchev–Trinajstić information content (AvgIpc) is 2.82. The highest BCUT2D eigenvalue weighted by Gasteiger charge is 2.37. The minimum Gasteiger partial charge on any atom is -0.419 e. The van der Waals surface area contributed by atoms with E-state index in [1.165, 1.54) is 35.9 Å². The van der Waals surface area contributed by atoms with Gasteiger partial charge < -0.3 is 15.4 Å². The van der Waals surface area contributed by atoms with Crippen molar-refractivity contribution < 1.29 is 22.7 Å². The molecule has 7 heteroatoms. The fourth-order valence-electron chi connectivity index (χ4n) is 4.31. The van der Waals surface area contributed by atoms with Crippen molar-refractivity contribution in [2.24, 2.45) is 0 Å². The van der Waals surface area contributed by atoms with E-state index in [9.17, 15) is 18.0 Å². The van der Waals surface area contributed by atoms with E-state index in [4.69, 9.17) is 4.74 Å². The van der Waals surface area contributed by atoms with Gasteiger partial charge in [0.25, 0.3) is 0 Å². The summed E-state index contributed by atoms with van der Waals surface area (Å²) in [5.74, 6) is -2.71. The number of halogens is 3. The zero-order valence-corrected chi connectivity index (χ0v) is 18.2. The zero-order chi connectivity index (χ0) is 23.4. The third-order valence-electron chi connectivity index (χ3n) is 6.01. The van der Waals surface area contributed by atoms with Crippen LogP contribution in [0.25, 0.3) is 0 Å². The molecule has 0 saturated carbocycles. The van der Waals surface area contributed by atoms with Crippen LogP contribution in [0.2, 0.25) is 0 Å². The molecule has 3 aromatic rings. The lowest BCUT2D eigenvalue weighted by molar-refractivity contribution is 0.0233. The van der Waals surface area contributed by atoms with Crippen LogP contribution in [0, 0.1) is 17.5 Å². The van der Waals surface area contributed by atoms with Crippen molar-refractivity contribution in [1.29, 1.82) is 0 Å². The van der Waals surface area contributed by atoms with E-state index in [2.05, 4.69) is 10.6 Å². The maximum absolute atomic E-state index is 14.5. The smallest absolute Gasteiger partial charge is 0.410 e. The van der Waals surface area contributed by atoms with Gasteiger partial charge in [0.05, 0.1) is 11.7 Å². The van der Waals surface area contributed by atoms with E-state index in [-0.39, 0.29) is 23.7 Å². The molecule has 1 aliphatic carbocycles. The van der Waals surface area contributed by atoms with Gasteiger partial charge in [-0.05, 0) is 54.7 Å². The van der Waals surface area contributed by atoms with E-state index < -0.39 is 29.3 Å². The molecule has 0 fully saturated rings. The molecule has 2 unspecified atom stereocenters. The van der Waals surface area contributed by atoms with Crippen molar-refractivity contribution >= 4 is 11.8 Å². The molecule has 0 aromatic heterocycles. The molecule has 0 heterocycles. The Hall–Kier alpha value is -3.48. The first-order chi connectivity index (χ1) is 15.9. The molecule has 0 saturated heterocycles. The highest BCUT2D eigenvalue weighted by atomic mass is 19.2. The van der Waals surface area contributed by atoms with Gasteiger partial charge in [0.2, 0.25) is 5.72 Å². The maximum atomic E-state index is 14.5. The van der Waals surface area contributed by atoms with Crippen molar-refractivity contribution in [2.45, 2.75) is 44.4 Å². The number of alkyl carbamates (subject to hydrolysis) is 1. The molecule has 172 valence electrons. The van der Waals surface area contributed by atoms with Crippen molar-refractivity contribution in [3.63, 3.8) is 0 Å². The number of amides is 1. The molecule has 2 N–H and O–H groups in total. The number of fused-ring (bicyclic) bond motifs is 1. The quantitative estimate of drug-likeness (QED) is 0.414. The number of ether oxygens (including phenoxy) is 1. The summed E-state index contributed by atoms with van der Waals surface area (Å²) in [5.41, 5.74) is 0.637. The number of anilines is 1. The topological polar surface area (TPSA) is 50.4 Å². The predicted octanol–water partition coefficient (Wildman–Crippen LogP) is 6.58. The average molecular weight is 454 g/mol. The minimum atomic E-state index is -1.63. The van der Waals surface area contributed by atoms with Gasteiger partial charge in [0.15, 0.2) is 11.6 Å². The standard InChI is InChI=1S/C26H25F3N2O2/c1-2-26(18-10-6-11-19(27)16-18,31-23-15-7-13-21(28)24(23)29)33-25(32)30-22-14-5-9-17-8-3-4-12-20(17)22/h3-4,6-8,10-13,15-16,22,31H,2,5,9,14H2,1H3,(H,30,32). The van der Waals surface area contributed by atoms with Crippen molar-refractivity contribution in [3.05, 3.63) is 101 Å². The van der Waals surface area contributed by atoms with Crippen LogP contribution in [-0.2, 0) is 16.9 Å². The maximum Gasteiger partial charge on any atom is 0.410 e. The Kier molecular flexibility index (Phi) is 6.58. The van der Waals surface area contributed by atoms with E-state index in [0.29, 0.717) is 0 Å². The van der Waals surface area contributed by atoms with Gasteiger partial charge in [0.1, 0.15) is 5.82 Å². The molecule has 1 aliphatic rings. The molecule has 2 atom stereocenters. The van der Waals surface area contributed by atoms with Crippen LogP contribution in [-0.4, -0.2) is 6.09 Å². The first-order valence-electron chi connectivity index (χ1n) is 11.0. The van der Waals surface area contributed by atoms with Gasteiger partial charge in [-0.3, -0.25) is 0 Å². The summed E-state index contributed by atoms with van der Waals surface area (Å²) in [6.07, 6.45) is 1.98. The summed E-state index contributed by atoms with van der Waals surface area (Å²) in [7, 11) is 0. The SMILES string of the molecule is CCC(Nc1cccc(F)c1F)(OC(=O)NC1CCCc2ccccc21)c1cccc(F)c1. The van der Waals surface area contributed by atoms with E-state index >= 15 is 0 Å². The minimum absolute atomic E-state index is 0.126. The van der Waals surface area contributed by atoms with Gasteiger partial charge >= 0.3 is 6.09 Å². The molecule has 3 aromatic carbocycles. The monoisotopic (exact) mass is 454 g/mol. The van der Waals surface area contributed by atoms with E-state index in [0.717, 1.165) is 30.9 Å². The number of nitrogens with one attached hydrogen (secondary N) is 2. The summed E-state index contributed by atoms with van der Waals surface area (Å²) in [6, 6.07) is 16.8. The van der Waals surface area contributed by atoms with Gasteiger partial charge in [0, 0.05) is 12.0 Å². The first kappa shape index (κ1) is 22.7. The zero-order valence-electron chi connectivity index (χ0n) is 18.2. The number of carbonyl (C=O) groups excluding carboxylic acids is 1. The van der Waals surface area contributed by atoms with Crippen LogP contribution >= 0.6 is 0 Å². The highest BCUT2D eigenvalue weighted by Crippen LogP contribution is 2.35. The number of rotatable bonds is 6. The summed E-state index contributed by atoms with van der Waals surface area (Å²) >= 11 is 0. The molecular formula is C26H25F3N2O2.